The van der Waals surface area contributed by atoms with Crippen LogP contribution in [0.2, 0.25) is 0 Å². The number of aryl methyl sites for hydroxylation is 1. The second-order valence-corrected chi connectivity index (χ2v) is 8.00. The molecule has 2 aromatic heterocycles. The molecule has 5 heteroatoms. The lowest BCUT2D eigenvalue weighted by atomic mass is 9.98. The summed E-state index contributed by atoms with van der Waals surface area (Å²) in [4.78, 5) is 2.49. The molecule has 2 aliphatic heterocycles. The lowest BCUT2D eigenvalue weighted by molar-refractivity contribution is -0.0169. The summed E-state index contributed by atoms with van der Waals surface area (Å²) in [6.07, 6.45) is 0.796. The third kappa shape index (κ3) is 2.12. The van der Waals surface area contributed by atoms with Crippen molar-refractivity contribution in [2.24, 2.45) is 5.10 Å². The van der Waals surface area contributed by atoms with Crippen molar-refractivity contribution in [2.45, 2.75) is 25.6 Å². The van der Waals surface area contributed by atoms with Crippen molar-refractivity contribution in [3.8, 4) is 5.75 Å². The van der Waals surface area contributed by atoms with Gasteiger partial charge in [0, 0.05) is 12.0 Å². The molecule has 5 rings (SSSR count). The molecule has 0 saturated heterocycles. The summed E-state index contributed by atoms with van der Waals surface area (Å²) in [6.45, 7) is 2.14. The van der Waals surface area contributed by atoms with Crippen LogP contribution in [0.5, 0.6) is 5.75 Å². The van der Waals surface area contributed by atoms with E-state index >= 15 is 0 Å². The SMILES string of the molecule is Cc1ccsc1[C@@H]1Oc2ccccc2[C@H]2CC(c3cccs3)=NN21. The molecule has 0 fully saturated rings. The van der Waals surface area contributed by atoms with Crippen LogP contribution in [0.1, 0.15) is 39.6 Å². The van der Waals surface area contributed by atoms with Crippen LogP contribution >= 0.6 is 22.7 Å². The zero-order valence-electron chi connectivity index (χ0n) is 13.2. The molecule has 0 radical (unpaired) electrons. The number of nitrogens with zero attached hydrogens (tertiary/aromatic N) is 2. The Hall–Kier alpha value is -2.11. The monoisotopic (exact) mass is 352 g/mol. The van der Waals surface area contributed by atoms with Gasteiger partial charge < -0.3 is 4.74 Å². The Morgan fingerprint density at radius 1 is 1.08 bits per heavy atom. The number of ether oxygens (including phenoxy) is 1. The summed E-state index contributed by atoms with van der Waals surface area (Å²) in [5.41, 5.74) is 3.66. The molecule has 0 bridgehead atoms. The fraction of sp³-hybridized carbons (Fsp3) is 0.211. The number of benzene rings is 1. The van der Waals surface area contributed by atoms with Crippen molar-refractivity contribution in [2.75, 3.05) is 0 Å². The predicted molar refractivity (Wildman–Crippen MR) is 98.9 cm³/mol. The van der Waals surface area contributed by atoms with Crippen molar-refractivity contribution >= 4 is 28.4 Å². The summed E-state index contributed by atoms with van der Waals surface area (Å²) >= 11 is 3.50. The molecule has 4 heterocycles. The van der Waals surface area contributed by atoms with Gasteiger partial charge in [0.1, 0.15) is 5.75 Å². The van der Waals surface area contributed by atoms with E-state index in [9.17, 15) is 0 Å². The molecule has 0 spiro atoms. The van der Waals surface area contributed by atoms with Gasteiger partial charge in [-0.1, -0.05) is 24.3 Å². The first-order valence-corrected chi connectivity index (χ1v) is 9.76. The summed E-state index contributed by atoms with van der Waals surface area (Å²) in [6, 6.07) is 15.0. The first kappa shape index (κ1) is 14.3. The molecule has 3 nitrogen and oxygen atoms in total. The molecule has 2 atom stereocenters. The van der Waals surface area contributed by atoms with Gasteiger partial charge in [-0.2, -0.15) is 5.10 Å². The van der Waals surface area contributed by atoms with Crippen LogP contribution in [0, 0.1) is 6.92 Å². The first-order valence-electron chi connectivity index (χ1n) is 8.00. The van der Waals surface area contributed by atoms with Crippen molar-refractivity contribution in [1.29, 1.82) is 0 Å². The predicted octanol–water partition coefficient (Wildman–Crippen LogP) is 5.36. The third-order valence-electron chi connectivity index (χ3n) is 4.63. The highest BCUT2D eigenvalue weighted by Gasteiger charge is 2.41. The largest absolute Gasteiger partial charge is 0.464 e. The van der Waals surface area contributed by atoms with Crippen LogP contribution in [0.25, 0.3) is 0 Å². The second-order valence-electron chi connectivity index (χ2n) is 6.10. The number of thiophene rings is 2. The minimum absolute atomic E-state index is 0.137. The number of para-hydroxylation sites is 1. The van der Waals surface area contributed by atoms with Gasteiger partial charge in [0.2, 0.25) is 6.23 Å². The minimum atomic E-state index is -0.137. The standard InChI is InChI=1S/C19H16N2OS2/c1-12-8-10-24-18(12)19-21-15(13-5-2-3-6-16(13)22-19)11-14(20-21)17-7-4-9-23-17/h2-10,15,19H,11H2,1H3/t15-,19+/m1/s1. The van der Waals surface area contributed by atoms with E-state index in [2.05, 4.69) is 59.1 Å². The first-order chi connectivity index (χ1) is 11.8. The molecule has 3 aromatic rings. The summed E-state index contributed by atoms with van der Waals surface area (Å²) < 4.78 is 6.37. The second kappa shape index (κ2) is 5.46. The molecule has 1 aromatic carbocycles. The summed E-state index contributed by atoms with van der Waals surface area (Å²) in [5.74, 6) is 0.985. The van der Waals surface area contributed by atoms with Gasteiger partial charge in [-0.25, -0.2) is 5.01 Å². The molecule has 2 aliphatic rings. The molecule has 0 aliphatic carbocycles. The van der Waals surface area contributed by atoms with Crippen LogP contribution in [0.15, 0.2) is 58.3 Å². The van der Waals surface area contributed by atoms with Gasteiger partial charge in [-0.05, 0) is 41.4 Å². The Balaban J connectivity index is 1.63. The van der Waals surface area contributed by atoms with Gasteiger partial charge in [-0.3, -0.25) is 0 Å². The van der Waals surface area contributed by atoms with E-state index in [-0.39, 0.29) is 12.3 Å². The summed E-state index contributed by atoms with van der Waals surface area (Å²) in [7, 11) is 0. The number of hydrogen-bond acceptors (Lipinski definition) is 5. The Bertz CT molecular complexity index is 913. The number of hydrazone groups is 1. The van der Waals surface area contributed by atoms with Gasteiger partial charge >= 0.3 is 0 Å². The topological polar surface area (TPSA) is 24.8 Å². The molecule has 0 unspecified atom stereocenters. The van der Waals surface area contributed by atoms with Crippen molar-refractivity contribution in [1.82, 2.24) is 5.01 Å². The lowest BCUT2D eigenvalue weighted by Gasteiger charge is -2.37. The highest BCUT2D eigenvalue weighted by molar-refractivity contribution is 7.12. The Morgan fingerprint density at radius 3 is 2.79 bits per heavy atom. The average Bonchev–Trinajstić information content (AvgIpc) is 3.34. The molecule has 0 amide bonds. The van der Waals surface area contributed by atoms with E-state index in [1.165, 1.54) is 20.9 Å². The Morgan fingerprint density at radius 2 is 2.00 bits per heavy atom. The average molecular weight is 352 g/mol. The highest BCUT2D eigenvalue weighted by Crippen LogP contribution is 2.48. The van der Waals surface area contributed by atoms with Crippen LogP contribution in [-0.4, -0.2) is 10.7 Å². The van der Waals surface area contributed by atoms with E-state index in [0.29, 0.717) is 0 Å². The summed E-state index contributed by atoms with van der Waals surface area (Å²) in [5, 5.41) is 11.4. The lowest BCUT2D eigenvalue weighted by Crippen LogP contribution is -2.33. The van der Waals surface area contributed by atoms with E-state index in [1.54, 1.807) is 22.7 Å². The Labute approximate surface area is 148 Å². The van der Waals surface area contributed by atoms with Gasteiger partial charge in [0.05, 0.1) is 21.5 Å². The van der Waals surface area contributed by atoms with E-state index in [1.807, 2.05) is 6.07 Å². The maximum atomic E-state index is 6.37. The van der Waals surface area contributed by atoms with Crippen LogP contribution < -0.4 is 4.74 Å². The van der Waals surface area contributed by atoms with Gasteiger partial charge in [0.15, 0.2) is 0 Å². The fourth-order valence-corrected chi connectivity index (χ4v) is 5.10. The molecular weight excluding hydrogens is 336 g/mol. The molecule has 0 saturated carbocycles. The maximum Gasteiger partial charge on any atom is 0.223 e. The molecular formula is C19H16N2OS2. The Kier molecular flexibility index (Phi) is 3.24. The van der Waals surface area contributed by atoms with E-state index in [0.717, 1.165) is 17.9 Å². The fourth-order valence-electron chi connectivity index (χ4n) is 3.44. The van der Waals surface area contributed by atoms with Crippen molar-refractivity contribution < 1.29 is 4.74 Å². The van der Waals surface area contributed by atoms with Crippen molar-refractivity contribution in [3.05, 3.63) is 74.1 Å². The smallest absolute Gasteiger partial charge is 0.223 e. The van der Waals surface area contributed by atoms with E-state index < -0.39 is 0 Å². The number of hydrogen-bond donors (Lipinski definition) is 0. The van der Waals surface area contributed by atoms with E-state index in [4.69, 9.17) is 9.84 Å². The highest BCUT2D eigenvalue weighted by atomic mass is 32.1. The molecule has 0 N–H and O–H groups in total. The van der Waals surface area contributed by atoms with Crippen molar-refractivity contribution in [3.63, 3.8) is 0 Å². The van der Waals surface area contributed by atoms with Crippen LogP contribution in [-0.2, 0) is 0 Å². The van der Waals surface area contributed by atoms with Gasteiger partial charge in [-0.15, -0.1) is 22.7 Å². The normalized spacial score (nSPS) is 21.9. The quantitative estimate of drug-likeness (QED) is 0.620. The minimum Gasteiger partial charge on any atom is -0.464 e. The third-order valence-corrected chi connectivity index (χ3v) is 6.60. The molecule has 24 heavy (non-hydrogen) atoms. The van der Waals surface area contributed by atoms with Crippen LogP contribution in [0.3, 0.4) is 0 Å². The zero-order chi connectivity index (χ0) is 16.1. The van der Waals surface area contributed by atoms with Crippen LogP contribution in [0.4, 0.5) is 0 Å². The zero-order valence-corrected chi connectivity index (χ0v) is 14.8. The molecule has 120 valence electrons. The number of rotatable bonds is 2. The number of fused-ring (bicyclic) bond motifs is 3. The maximum absolute atomic E-state index is 6.37. The van der Waals surface area contributed by atoms with Gasteiger partial charge in [0.25, 0.3) is 0 Å².